The largest absolute Gasteiger partial charge is 0.382 e. The molecule has 0 aliphatic heterocycles. The number of nitrogens with one attached hydrogen (secondary N) is 1. The van der Waals surface area contributed by atoms with Crippen molar-refractivity contribution < 1.29 is 14.4 Å². The van der Waals surface area contributed by atoms with Gasteiger partial charge < -0.3 is 20.6 Å². The van der Waals surface area contributed by atoms with E-state index < -0.39 is 6.10 Å². The van der Waals surface area contributed by atoms with Crippen LogP contribution in [0.4, 0.5) is 0 Å². The highest BCUT2D eigenvalue weighted by Gasteiger charge is 2.15. The molecule has 0 bridgehead atoms. The maximum absolute atomic E-state index is 11.4. The van der Waals surface area contributed by atoms with Crippen LogP contribution in [-0.2, 0) is 14.4 Å². The molecule has 0 radical (unpaired) electrons. The van der Waals surface area contributed by atoms with E-state index in [2.05, 4.69) is 10.5 Å². The number of oxime groups is 1. The Morgan fingerprint density at radius 2 is 1.81 bits per heavy atom. The quantitative estimate of drug-likeness (QED) is 0.389. The van der Waals surface area contributed by atoms with Crippen molar-refractivity contribution >= 4 is 11.7 Å². The molecule has 0 saturated carbocycles. The van der Waals surface area contributed by atoms with Crippen LogP contribution < -0.4 is 11.1 Å². The lowest BCUT2D eigenvalue weighted by atomic mass is 10.3. The molecular formula is C10H21N3O3. The number of nitrogens with zero attached hydrogens (tertiary/aromatic N) is 1. The summed E-state index contributed by atoms with van der Waals surface area (Å²) in [5.74, 6) is -0.0247. The van der Waals surface area contributed by atoms with Gasteiger partial charge in [0, 0.05) is 13.2 Å². The fourth-order valence-corrected chi connectivity index (χ4v) is 0.785. The number of hydrogen-bond acceptors (Lipinski definition) is 4. The number of carbonyl (C=O) groups is 1. The Bertz CT molecular complexity index is 254. The Hall–Kier alpha value is -1.30. The van der Waals surface area contributed by atoms with Crippen molar-refractivity contribution in [3.05, 3.63) is 0 Å². The predicted molar refractivity (Wildman–Crippen MR) is 61.9 cm³/mol. The molecule has 6 nitrogen and oxygen atoms in total. The molecule has 2 atom stereocenters. The number of rotatable bonds is 6. The second-order valence-electron chi connectivity index (χ2n) is 3.81. The van der Waals surface area contributed by atoms with E-state index in [1.165, 1.54) is 7.11 Å². The maximum Gasteiger partial charge on any atom is 0.263 e. The van der Waals surface area contributed by atoms with Crippen LogP contribution >= 0.6 is 0 Å². The van der Waals surface area contributed by atoms with E-state index in [-0.39, 0.29) is 23.9 Å². The molecule has 6 heteroatoms. The van der Waals surface area contributed by atoms with Gasteiger partial charge in [0.25, 0.3) is 5.91 Å². The normalized spacial score (nSPS) is 15.8. The first-order valence-electron chi connectivity index (χ1n) is 5.20. The first-order valence-corrected chi connectivity index (χ1v) is 5.20. The number of hydrogen-bond donors (Lipinski definition) is 2. The van der Waals surface area contributed by atoms with Crippen LogP contribution in [0.3, 0.4) is 0 Å². The van der Waals surface area contributed by atoms with Crippen LogP contribution in [-0.4, -0.2) is 37.1 Å². The lowest BCUT2D eigenvalue weighted by Crippen LogP contribution is -2.38. The molecule has 3 N–H and O–H groups in total. The molecule has 1 amide bonds. The van der Waals surface area contributed by atoms with Gasteiger partial charge in [0.05, 0.1) is 0 Å². The van der Waals surface area contributed by atoms with E-state index in [0.717, 1.165) is 0 Å². The lowest BCUT2D eigenvalue weighted by molar-refractivity contribution is -0.132. The standard InChI is InChI=1S/C10H21N3O3/c1-6(2)12-10(14)8(4)16-13-9(11)7(3)15-5/h6-8H,1-5H3,(H2,11,13)(H,12,14)/t7-,8-/m1/s1. The molecule has 16 heavy (non-hydrogen) atoms. The molecule has 0 aromatic carbocycles. The van der Waals surface area contributed by atoms with Crippen molar-refractivity contribution in [2.24, 2.45) is 10.9 Å². The molecule has 0 rings (SSSR count). The van der Waals surface area contributed by atoms with E-state index >= 15 is 0 Å². The van der Waals surface area contributed by atoms with Gasteiger partial charge in [0.1, 0.15) is 6.10 Å². The minimum absolute atomic E-state index is 0.0674. The summed E-state index contributed by atoms with van der Waals surface area (Å²) in [5, 5.41) is 6.34. The lowest BCUT2D eigenvalue weighted by Gasteiger charge is -2.14. The van der Waals surface area contributed by atoms with Crippen LogP contribution in [0.15, 0.2) is 5.16 Å². The van der Waals surface area contributed by atoms with E-state index in [1.54, 1.807) is 13.8 Å². The van der Waals surface area contributed by atoms with Gasteiger partial charge in [-0.15, -0.1) is 0 Å². The molecule has 0 aliphatic rings. The van der Waals surface area contributed by atoms with Crippen molar-refractivity contribution in [3.63, 3.8) is 0 Å². The average Bonchev–Trinajstić information content (AvgIpc) is 2.23. The SMILES string of the molecule is CO[C@H](C)/C(N)=N\O[C@H](C)C(=O)NC(C)C. The Labute approximate surface area is 96.2 Å². The fraction of sp³-hybridized carbons (Fsp3) is 0.800. The smallest absolute Gasteiger partial charge is 0.263 e. The first-order chi connectivity index (χ1) is 7.38. The molecular weight excluding hydrogens is 210 g/mol. The summed E-state index contributed by atoms with van der Waals surface area (Å²) < 4.78 is 4.93. The van der Waals surface area contributed by atoms with E-state index in [0.29, 0.717) is 0 Å². The monoisotopic (exact) mass is 231 g/mol. The van der Waals surface area contributed by atoms with Gasteiger partial charge in [-0.05, 0) is 27.7 Å². The summed E-state index contributed by atoms with van der Waals surface area (Å²) >= 11 is 0. The molecule has 0 saturated heterocycles. The van der Waals surface area contributed by atoms with Crippen molar-refractivity contribution in [2.75, 3.05) is 7.11 Å². The van der Waals surface area contributed by atoms with E-state index in [1.807, 2.05) is 13.8 Å². The van der Waals surface area contributed by atoms with Gasteiger partial charge in [0.15, 0.2) is 5.84 Å². The zero-order valence-corrected chi connectivity index (χ0v) is 10.5. The number of nitrogens with two attached hydrogens (primary N) is 1. The predicted octanol–water partition coefficient (Wildman–Crippen LogP) is 0.223. The summed E-state index contributed by atoms with van der Waals surface area (Å²) in [6, 6.07) is 0.0674. The van der Waals surface area contributed by atoms with Crippen LogP contribution in [0, 0.1) is 0 Å². The molecule has 0 unspecified atom stereocenters. The number of ether oxygens (including phenoxy) is 1. The van der Waals surface area contributed by atoms with Gasteiger partial charge in [-0.1, -0.05) is 5.16 Å². The zero-order chi connectivity index (χ0) is 12.7. The minimum atomic E-state index is -0.676. The Morgan fingerprint density at radius 3 is 2.25 bits per heavy atom. The number of amides is 1. The highest BCUT2D eigenvalue weighted by atomic mass is 16.6. The van der Waals surface area contributed by atoms with Crippen LogP contribution in [0.25, 0.3) is 0 Å². The summed E-state index contributed by atoms with van der Waals surface area (Å²) in [6.45, 7) is 7.08. The number of methoxy groups -OCH3 is 1. The highest BCUT2D eigenvalue weighted by Crippen LogP contribution is 1.95. The maximum atomic E-state index is 11.4. The number of carbonyl (C=O) groups excluding carboxylic acids is 1. The third kappa shape index (κ3) is 5.55. The topological polar surface area (TPSA) is 85.9 Å². The van der Waals surface area contributed by atoms with Crippen LogP contribution in [0.5, 0.6) is 0 Å². The zero-order valence-electron chi connectivity index (χ0n) is 10.5. The molecule has 0 spiro atoms. The first kappa shape index (κ1) is 14.7. The summed E-state index contributed by atoms with van der Waals surface area (Å²) in [4.78, 5) is 16.4. The molecule has 0 aliphatic carbocycles. The van der Waals surface area contributed by atoms with Gasteiger partial charge in [-0.3, -0.25) is 4.79 Å². The highest BCUT2D eigenvalue weighted by molar-refractivity contribution is 5.84. The average molecular weight is 231 g/mol. The number of amidine groups is 1. The third-order valence-electron chi connectivity index (χ3n) is 1.89. The van der Waals surface area contributed by atoms with Crippen molar-refractivity contribution in [1.29, 1.82) is 0 Å². The third-order valence-corrected chi connectivity index (χ3v) is 1.89. The minimum Gasteiger partial charge on any atom is -0.382 e. The summed E-state index contributed by atoms with van der Waals surface area (Å²) in [7, 11) is 1.52. The van der Waals surface area contributed by atoms with Crippen molar-refractivity contribution in [2.45, 2.75) is 45.9 Å². The Kier molecular flexibility index (Phi) is 6.48. The van der Waals surface area contributed by atoms with Crippen molar-refractivity contribution in [3.8, 4) is 0 Å². The molecule has 94 valence electrons. The second kappa shape index (κ2) is 7.05. The van der Waals surface area contributed by atoms with Crippen molar-refractivity contribution in [1.82, 2.24) is 5.32 Å². The van der Waals surface area contributed by atoms with Gasteiger partial charge in [0.2, 0.25) is 6.10 Å². The molecule has 0 fully saturated rings. The molecule has 0 aromatic rings. The Balaban J connectivity index is 4.14. The molecule has 0 aromatic heterocycles. The second-order valence-corrected chi connectivity index (χ2v) is 3.81. The summed E-state index contributed by atoms with van der Waals surface area (Å²) in [5.41, 5.74) is 5.55. The van der Waals surface area contributed by atoms with Crippen LogP contribution in [0.1, 0.15) is 27.7 Å². The van der Waals surface area contributed by atoms with Crippen LogP contribution in [0.2, 0.25) is 0 Å². The Morgan fingerprint density at radius 1 is 1.25 bits per heavy atom. The van der Waals surface area contributed by atoms with E-state index in [4.69, 9.17) is 15.3 Å². The van der Waals surface area contributed by atoms with E-state index in [9.17, 15) is 4.79 Å². The van der Waals surface area contributed by atoms with Gasteiger partial charge >= 0.3 is 0 Å². The molecule has 0 heterocycles. The van der Waals surface area contributed by atoms with Gasteiger partial charge in [-0.25, -0.2) is 0 Å². The van der Waals surface area contributed by atoms with Gasteiger partial charge in [-0.2, -0.15) is 0 Å². The fourth-order valence-electron chi connectivity index (χ4n) is 0.785. The summed E-state index contributed by atoms with van der Waals surface area (Å²) in [6.07, 6.45) is -1.01.